The van der Waals surface area contributed by atoms with Gasteiger partial charge in [0.25, 0.3) is 0 Å². The van der Waals surface area contributed by atoms with Crippen LogP contribution >= 0.6 is 0 Å². The molecule has 25 heavy (non-hydrogen) atoms. The first kappa shape index (κ1) is 16.5. The first-order valence-electron chi connectivity index (χ1n) is 8.84. The highest BCUT2D eigenvalue weighted by Gasteiger charge is 2.36. The fourth-order valence-corrected chi connectivity index (χ4v) is 3.68. The minimum absolute atomic E-state index is 0.0729. The molecule has 0 radical (unpaired) electrons. The van der Waals surface area contributed by atoms with E-state index in [-0.39, 0.29) is 18.0 Å². The summed E-state index contributed by atoms with van der Waals surface area (Å²) in [7, 11) is 0. The maximum Gasteiger partial charge on any atom is 0.124 e. The summed E-state index contributed by atoms with van der Waals surface area (Å²) < 4.78 is 25.5. The van der Waals surface area contributed by atoms with Crippen molar-refractivity contribution in [1.29, 1.82) is 0 Å². The SMILES string of the molecule is Fc1cccc(CO[C@H]2COc3ccccc3[C@@H]2N2CCNCC2)c1. The molecule has 0 saturated carbocycles. The molecule has 2 aliphatic rings. The number of para-hydroxylation sites is 1. The van der Waals surface area contributed by atoms with Crippen molar-refractivity contribution < 1.29 is 13.9 Å². The number of nitrogens with one attached hydrogen (secondary N) is 1. The first-order valence-corrected chi connectivity index (χ1v) is 8.84. The lowest BCUT2D eigenvalue weighted by Gasteiger charge is -2.42. The van der Waals surface area contributed by atoms with E-state index in [1.54, 1.807) is 6.07 Å². The van der Waals surface area contributed by atoms with Crippen LogP contribution < -0.4 is 10.1 Å². The van der Waals surface area contributed by atoms with E-state index in [1.807, 2.05) is 24.3 Å². The third-order valence-electron chi connectivity index (χ3n) is 4.89. The van der Waals surface area contributed by atoms with Gasteiger partial charge >= 0.3 is 0 Å². The van der Waals surface area contributed by atoms with Gasteiger partial charge in [0.1, 0.15) is 24.3 Å². The van der Waals surface area contributed by atoms with Crippen molar-refractivity contribution in [1.82, 2.24) is 10.2 Å². The van der Waals surface area contributed by atoms with E-state index in [0.717, 1.165) is 37.5 Å². The summed E-state index contributed by atoms with van der Waals surface area (Å²) in [6, 6.07) is 14.9. The number of ether oxygens (including phenoxy) is 2. The highest BCUT2D eigenvalue weighted by Crippen LogP contribution is 2.37. The Hall–Kier alpha value is -1.95. The van der Waals surface area contributed by atoms with Gasteiger partial charge in [0.05, 0.1) is 12.6 Å². The number of nitrogens with zero attached hydrogens (tertiary/aromatic N) is 1. The second-order valence-corrected chi connectivity index (χ2v) is 6.56. The van der Waals surface area contributed by atoms with Gasteiger partial charge in [-0.05, 0) is 23.8 Å². The Labute approximate surface area is 147 Å². The van der Waals surface area contributed by atoms with E-state index >= 15 is 0 Å². The zero-order valence-corrected chi connectivity index (χ0v) is 14.2. The van der Waals surface area contributed by atoms with Crippen molar-refractivity contribution in [3.05, 3.63) is 65.5 Å². The van der Waals surface area contributed by atoms with Gasteiger partial charge in [0.2, 0.25) is 0 Å². The lowest BCUT2D eigenvalue weighted by Crippen LogP contribution is -2.51. The fourth-order valence-electron chi connectivity index (χ4n) is 3.68. The standard InChI is InChI=1S/C20H23FN2O2/c21-16-5-3-4-15(12-16)13-24-19-14-25-18-7-2-1-6-17(18)20(19)23-10-8-22-9-11-23/h1-7,12,19-20,22H,8-11,13-14H2/t19-,20-/m0/s1. The average Bonchev–Trinajstić information content (AvgIpc) is 2.66. The van der Waals surface area contributed by atoms with Gasteiger partial charge in [0.15, 0.2) is 0 Å². The van der Waals surface area contributed by atoms with Gasteiger partial charge in [0, 0.05) is 31.7 Å². The van der Waals surface area contributed by atoms with E-state index in [4.69, 9.17) is 9.47 Å². The van der Waals surface area contributed by atoms with Crippen LogP contribution in [0.15, 0.2) is 48.5 Å². The molecule has 2 heterocycles. The molecule has 2 aromatic rings. The van der Waals surface area contributed by atoms with Gasteiger partial charge < -0.3 is 14.8 Å². The molecule has 2 atom stereocenters. The molecule has 0 amide bonds. The maximum absolute atomic E-state index is 13.4. The van der Waals surface area contributed by atoms with Gasteiger partial charge in [-0.2, -0.15) is 0 Å². The van der Waals surface area contributed by atoms with Crippen molar-refractivity contribution in [3.8, 4) is 5.75 Å². The molecule has 0 aliphatic carbocycles. The van der Waals surface area contributed by atoms with Gasteiger partial charge in [-0.25, -0.2) is 4.39 Å². The Morgan fingerprint density at radius 2 is 1.96 bits per heavy atom. The number of hydrogen-bond acceptors (Lipinski definition) is 4. The third kappa shape index (κ3) is 3.68. The Morgan fingerprint density at radius 1 is 1.12 bits per heavy atom. The Kier molecular flexibility index (Phi) is 4.97. The van der Waals surface area contributed by atoms with E-state index in [1.165, 1.54) is 17.7 Å². The number of hydrogen-bond donors (Lipinski definition) is 1. The van der Waals surface area contributed by atoms with Crippen LogP contribution in [-0.4, -0.2) is 43.8 Å². The molecule has 1 N–H and O–H groups in total. The van der Waals surface area contributed by atoms with Crippen molar-refractivity contribution in [2.24, 2.45) is 0 Å². The summed E-state index contributed by atoms with van der Waals surface area (Å²) in [6.07, 6.45) is -0.0729. The Balaban J connectivity index is 1.55. The zero-order chi connectivity index (χ0) is 17.1. The van der Waals surface area contributed by atoms with Crippen molar-refractivity contribution in [3.63, 3.8) is 0 Å². The van der Waals surface area contributed by atoms with E-state index < -0.39 is 0 Å². The lowest BCUT2D eigenvalue weighted by atomic mass is 9.95. The highest BCUT2D eigenvalue weighted by molar-refractivity contribution is 5.38. The van der Waals surface area contributed by atoms with Crippen LogP contribution in [0.4, 0.5) is 4.39 Å². The van der Waals surface area contributed by atoms with Gasteiger partial charge in [-0.3, -0.25) is 4.90 Å². The average molecular weight is 342 g/mol. The number of benzene rings is 2. The molecule has 2 aromatic carbocycles. The van der Waals surface area contributed by atoms with Crippen LogP contribution in [0.3, 0.4) is 0 Å². The summed E-state index contributed by atoms with van der Waals surface area (Å²) in [5.41, 5.74) is 2.03. The Morgan fingerprint density at radius 3 is 2.80 bits per heavy atom. The Bertz CT molecular complexity index is 718. The number of piperazine rings is 1. The van der Waals surface area contributed by atoms with Crippen LogP contribution in [0.5, 0.6) is 5.75 Å². The normalized spacial score (nSPS) is 23.7. The highest BCUT2D eigenvalue weighted by atomic mass is 19.1. The summed E-state index contributed by atoms with van der Waals surface area (Å²) in [5, 5.41) is 3.40. The molecular weight excluding hydrogens is 319 g/mol. The molecule has 0 aromatic heterocycles. The summed E-state index contributed by atoms with van der Waals surface area (Å²) in [4.78, 5) is 2.47. The van der Waals surface area contributed by atoms with Gasteiger partial charge in [-0.15, -0.1) is 0 Å². The summed E-state index contributed by atoms with van der Waals surface area (Å²) in [6.45, 7) is 4.83. The molecule has 4 nitrogen and oxygen atoms in total. The molecule has 0 spiro atoms. The second-order valence-electron chi connectivity index (χ2n) is 6.56. The minimum Gasteiger partial charge on any atom is -0.490 e. The van der Waals surface area contributed by atoms with Gasteiger partial charge in [-0.1, -0.05) is 30.3 Å². The molecule has 0 unspecified atom stereocenters. The molecular formula is C20H23FN2O2. The predicted octanol–water partition coefficient (Wildman–Crippen LogP) is 2.75. The van der Waals surface area contributed by atoms with E-state index in [0.29, 0.717) is 13.2 Å². The monoisotopic (exact) mass is 342 g/mol. The van der Waals surface area contributed by atoms with Crippen LogP contribution in [0.2, 0.25) is 0 Å². The topological polar surface area (TPSA) is 33.7 Å². The second kappa shape index (κ2) is 7.52. The van der Waals surface area contributed by atoms with Crippen LogP contribution in [0.25, 0.3) is 0 Å². The fraction of sp³-hybridized carbons (Fsp3) is 0.400. The third-order valence-corrected chi connectivity index (χ3v) is 4.89. The molecule has 1 saturated heterocycles. The lowest BCUT2D eigenvalue weighted by molar-refractivity contribution is -0.0617. The predicted molar refractivity (Wildman–Crippen MR) is 94.1 cm³/mol. The van der Waals surface area contributed by atoms with E-state index in [2.05, 4.69) is 16.3 Å². The smallest absolute Gasteiger partial charge is 0.124 e. The van der Waals surface area contributed by atoms with E-state index in [9.17, 15) is 4.39 Å². The molecule has 2 aliphatic heterocycles. The minimum atomic E-state index is -0.231. The summed E-state index contributed by atoms with van der Waals surface area (Å²) in [5.74, 6) is 0.710. The summed E-state index contributed by atoms with van der Waals surface area (Å²) >= 11 is 0. The molecule has 5 heteroatoms. The molecule has 1 fully saturated rings. The maximum atomic E-state index is 13.4. The van der Waals surface area contributed by atoms with Crippen molar-refractivity contribution in [2.45, 2.75) is 18.8 Å². The number of halogens is 1. The molecule has 4 rings (SSSR count). The molecule has 0 bridgehead atoms. The van der Waals surface area contributed by atoms with Crippen LogP contribution in [0, 0.1) is 5.82 Å². The quantitative estimate of drug-likeness (QED) is 0.926. The molecule has 132 valence electrons. The number of rotatable bonds is 4. The number of fused-ring (bicyclic) bond motifs is 1. The zero-order valence-electron chi connectivity index (χ0n) is 14.2. The van der Waals surface area contributed by atoms with Crippen LogP contribution in [-0.2, 0) is 11.3 Å². The van der Waals surface area contributed by atoms with Crippen molar-refractivity contribution in [2.75, 3.05) is 32.8 Å². The first-order chi connectivity index (χ1) is 12.3. The van der Waals surface area contributed by atoms with Crippen molar-refractivity contribution >= 4 is 0 Å². The largest absolute Gasteiger partial charge is 0.490 e. The van der Waals surface area contributed by atoms with Crippen LogP contribution in [0.1, 0.15) is 17.2 Å².